The summed E-state index contributed by atoms with van der Waals surface area (Å²) in [7, 11) is 0. The molecule has 6 aromatic carbocycles. The van der Waals surface area contributed by atoms with Gasteiger partial charge in [-0.3, -0.25) is 4.79 Å². The zero-order valence-corrected chi connectivity index (χ0v) is 70.9. The lowest BCUT2D eigenvalue weighted by molar-refractivity contribution is -0.131. The summed E-state index contributed by atoms with van der Waals surface area (Å²) in [6.07, 6.45) is 23.6. The van der Waals surface area contributed by atoms with Crippen LogP contribution in [0.4, 0.5) is 35.3 Å². The number of carbonyl (C=O) groups is 1. The molecule has 22 nitrogen and oxygen atoms in total. The molecule has 0 atom stereocenters. The van der Waals surface area contributed by atoms with Gasteiger partial charge in [0.05, 0.1) is 19.0 Å². The average Bonchev–Trinajstić information content (AvgIpc) is 1.66. The lowest BCUT2D eigenvalue weighted by Gasteiger charge is -2.37. The minimum atomic E-state index is 0.180. The Kier molecular flexibility index (Phi) is 29.7. The van der Waals surface area contributed by atoms with Crippen LogP contribution in [0.25, 0.3) is 66.9 Å². The summed E-state index contributed by atoms with van der Waals surface area (Å²) in [5.74, 6) is 4.47. The maximum absolute atomic E-state index is 12.1. The third-order valence-electron chi connectivity index (χ3n) is 23.1. The van der Waals surface area contributed by atoms with Gasteiger partial charge in [0.2, 0.25) is 23.8 Å². The molecule has 6 aromatic heterocycles. The first-order chi connectivity index (χ1) is 57.1. The molecule has 3 aliphatic rings. The Labute approximate surface area is 693 Å². The Morgan fingerprint density at radius 2 is 0.667 bits per heavy atom. The first kappa shape index (κ1) is 84.1. The van der Waals surface area contributed by atoms with Gasteiger partial charge in [-0.25, -0.2) is 15.0 Å². The number of carbonyl (C=O) groups excluding carboxylic acids is 1. The fourth-order valence-corrected chi connectivity index (χ4v) is 16.7. The maximum atomic E-state index is 12.1. The van der Waals surface area contributed by atoms with Gasteiger partial charge in [0.15, 0.2) is 50.9 Å². The van der Waals surface area contributed by atoms with Crippen molar-refractivity contribution in [1.82, 2.24) is 73.7 Å². The first-order valence-corrected chi connectivity index (χ1v) is 43.5. The molecule has 0 aliphatic heterocycles. The van der Waals surface area contributed by atoms with Crippen molar-refractivity contribution in [2.24, 2.45) is 0 Å². The van der Waals surface area contributed by atoms with E-state index in [4.69, 9.17) is 34.9 Å². The van der Waals surface area contributed by atoms with Crippen LogP contribution in [0.15, 0.2) is 183 Å². The highest BCUT2D eigenvalue weighted by Crippen LogP contribution is 2.34. The van der Waals surface area contributed by atoms with Gasteiger partial charge in [-0.2, -0.15) is 29.9 Å². The van der Waals surface area contributed by atoms with E-state index in [0.717, 1.165) is 122 Å². The number of hydrogen-bond donors (Lipinski definition) is 7. The predicted molar refractivity (Wildman–Crippen MR) is 482 cm³/mol. The van der Waals surface area contributed by atoms with E-state index in [1.807, 2.05) is 42.1 Å². The molecule has 15 rings (SSSR count). The Bertz CT molecular complexity index is 5020. The van der Waals surface area contributed by atoms with Gasteiger partial charge >= 0.3 is 0 Å². The van der Waals surface area contributed by atoms with Crippen LogP contribution in [0, 0.1) is 0 Å². The summed E-state index contributed by atoms with van der Waals surface area (Å²) in [5, 5.41) is 25.3. The molecule has 3 aliphatic carbocycles. The van der Waals surface area contributed by atoms with E-state index in [9.17, 15) is 4.79 Å². The van der Waals surface area contributed by atoms with Crippen LogP contribution >= 0.6 is 0 Å². The summed E-state index contributed by atoms with van der Waals surface area (Å²) >= 11 is 0. The number of benzene rings is 6. The lowest BCUT2D eigenvalue weighted by Crippen LogP contribution is -2.43. The Balaban J connectivity index is 0.000000153. The number of anilines is 6. The molecule has 0 spiro atoms. The van der Waals surface area contributed by atoms with E-state index < -0.39 is 0 Å². The van der Waals surface area contributed by atoms with Gasteiger partial charge in [0, 0.05) is 87.5 Å². The zero-order chi connectivity index (χ0) is 81.6. The molecule has 0 bridgehead atoms. The number of hydrogen-bond acceptors (Lipinski definition) is 18. The topological polar surface area (TPSA) is 239 Å². The van der Waals surface area contributed by atoms with Gasteiger partial charge < -0.3 is 60.7 Å². The van der Waals surface area contributed by atoms with E-state index in [1.54, 1.807) is 6.92 Å². The van der Waals surface area contributed by atoms with Crippen molar-refractivity contribution in [1.29, 1.82) is 0 Å². The second-order valence-corrected chi connectivity index (χ2v) is 32.9. The third kappa shape index (κ3) is 22.3. The monoisotopic (exact) mass is 1580 g/mol. The summed E-state index contributed by atoms with van der Waals surface area (Å²) in [6.45, 7) is 29.9. The number of nitrogens with zero attached hydrogens (tertiary/aromatic N) is 14. The van der Waals surface area contributed by atoms with Crippen LogP contribution in [0.3, 0.4) is 0 Å². The Hall–Kier alpha value is -10.8. The second-order valence-electron chi connectivity index (χ2n) is 32.9. The van der Waals surface area contributed by atoms with Gasteiger partial charge in [0.25, 0.3) is 0 Å². The molecule has 0 unspecified atom stereocenters. The molecule has 0 saturated heterocycles. The van der Waals surface area contributed by atoms with Gasteiger partial charge in [0.1, 0.15) is 0 Å². The summed E-state index contributed by atoms with van der Waals surface area (Å²) in [6, 6.07) is 60.9. The first-order valence-electron chi connectivity index (χ1n) is 43.5. The van der Waals surface area contributed by atoms with Gasteiger partial charge in [-0.1, -0.05) is 191 Å². The number of rotatable bonds is 32. The molecule has 22 heteroatoms. The second kappa shape index (κ2) is 41.3. The number of amides is 1. The minimum absolute atomic E-state index is 0.180. The molecule has 7 N–H and O–H groups in total. The summed E-state index contributed by atoms with van der Waals surface area (Å²) in [4.78, 5) is 60.4. The van der Waals surface area contributed by atoms with Crippen molar-refractivity contribution in [3.8, 4) is 33.4 Å². The van der Waals surface area contributed by atoms with Crippen molar-refractivity contribution in [3.63, 3.8) is 0 Å². The van der Waals surface area contributed by atoms with Crippen molar-refractivity contribution in [2.75, 3.05) is 58.1 Å². The minimum Gasteiger partial charge on any atom is -0.364 e. The van der Waals surface area contributed by atoms with E-state index in [0.29, 0.717) is 67.7 Å². The SMILES string of the molecule is CCCN(C(C)=O)C1CCC(Nc2nc(NCc3ccc(-c4ccccc4)cc3)c3ncn(C(C)C)c3n2)CC1.CCCN(CCC)C1CCC(Nc2nc(NCc3ccc(-c4ccccc4)cc3)c3ncn(C(C)C)c3n2)CC1.CCCNC1CCC(Nc2nc(NCc3ccc(-c4ccccc4)cc3)c3ncn(C(C)C)c3n2)CC1. The largest absolute Gasteiger partial charge is 0.364 e. The smallest absolute Gasteiger partial charge is 0.227 e. The zero-order valence-electron chi connectivity index (χ0n) is 70.9. The maximum Gasteiger partial charge on any atom is 0.227 e. The van der Waals surface area contributed by atoms with Crippen LogP contribution in [-0.2, 0) is 24.4 Å². The number of nitrogens with one attached hydrogen (secondary N) is 7. The lowest BCUT2D eigenvalue weighted by atomic mass is 9.90. The van der Waals surface area contributed by atoms with Crippen LogP contribution in [0.2, 0.25) is 0 Å². The van der Waals surface area contributed by atoms with Crippen LogP contribution in [0.1, 0.15) is 214 Å². The van der Waals surface area contributed by atoms with Crippen molar-refractivity contribution in [2.45, 2.75) is 253 Å². The van der Waals surface area contributed by atoms with E-state index in [1.165, 1.54) is 108 Å². The highest BCUT2D eigenvalue weighted by Gasteiger charge is 2.30. The highest BCUT2D eigenvalue weighted by molar-refractivity contribution is 5.86. The fourth-order valence-electron chi connectivity index (χ4n) is 16.7. The van der Waals surface area contributed by atoms with E-state index in [-0.39, 0.29) is 30.1 Å². The summed E-state index contributed by atoms with van der Waals surface area (Å²) < 4.78 is 6.34. The van der Waals surface area contributed by atoms with Gasteiger partial charge in [-0.15, -0.1) is 0 Å². The number of imidazole rings is 3. The standard InChI is InChI=1S/C33H45N7.C32H41N7O.C30H39N7/c1-5-20-39(21-6-2)29-18-16-28(17-19-29)36-33-37-31(30-32(38-33)40(23-35-30)24(3)4)34-22-25-12-14-27(15-13-25)26-10-8-7-9-11-26;1-5-19-38(23(4)40)28-17-15-27(16-18-28)35-32-36-30(29-31(37-32)39(21-34-29)22(2)3)33-20-24-11-13-26(14-12-24)25-9-7-6-8-10-25;1-4-18-31-25-14-16-26(17-15-25)34-30-35-28(27-29(36-30)37(20-33-27)21(2)3)32-19-22-10-12-24(13-11-22)23-8-6-5-7-9-23/h7-15,23-24,28-29H,5-6,16-22H2,1-4H3,(H2,34,36,37,38);6-14,21-22,27-28H,5,15-20H2,1-4H3,(H2,33,35,36,37);5-13,20-21,25-26,31H,4,14-19H2,1-3H3,(H2,32,34,35,36). The van der Waals surface area contributed by atoms with Crippen molar-refractivity contribution in [3.05, 3.63) is 199 Å². The Morgan fingerprint density at radius 1 is 0.368 bits per heavy atom. The highest BCUT2D eigenvalue weighted by atomic mass is 16.2. The molecule has 1 amide bonds. The van der Waals surface area contributed by atoms with Gasteiger partial charge in [-0.05, 0) is 214 Å². The molecular formula is C95H125N21O. The van der Waals surface area contributed by atoms with E-state index in [2.05, 4.69) is 281 Å². The molecule has 6 heterocycles. The molecule has 616 valence electrons. The van der Waals surface area contributed by atoms with Crippen LogP contribution in [-0.4, -0.2) is 137 Å². The molecular weight excluding hydrogens is 1450 g/mol. The van der Waals surface area contributed by atoms with Crippen LogP contribution < -0.4 is 37.2 Å². The van der Waals surface area contributed by atoms with E-state index >= 15 is 0 Å². The summed E-state index contributed by atoms with van der Waals surface area (Å²) in [5.41, 5.74) is 15.9. The normalized spacial score (nSPS) is 17.5. The van der Waals surface area contributed by atoms with Crippen molar-refractivity contribution < 1.29 is 4.79 Å². The molecule has 3 fully saturated rings. The number of aromatic nitrogens is 12. The number of fused-ring (bicyclic) bond motifs is 3. The molecule has 3 saturated carbocycles. The predicted octanol–water partition coefficient (Wildman–Crippen LogP) is 20.6. The van der Waals surface area contributed by atoms with Crippen molar-refractivity contribution >= 4 is 74.7 Å². The molecule has 0 radical (unpaired) electrons. The van der Waals surface area contributed by atoms with Crippen LogP contribution in [0.5, 0.6) is 0 Å². The molecule has 12 aromatic rings. The fraction of sp³-hybridized carbons (Fsp3) is 0.453. The molecule has 117 heavy (non-hydrogen) atoms. The Morgan fingerprint density at radius 3 is 0.966 bits per heavy atom. The average molecular weight is 1580 g/mol. The quantitative estimate of drug-likeness (QED) is 0.0207. The third-order valence-corrected chi connectivity index (χ3v) is 23.1.